The van der Waals surface area contributed by atoms with Crippen LogP contribution in [0.1, 0.15) is 65.2 Å². The van der Waals surface area contributed by atoms with Crippen LogP contribution in [-0.2, 0) is 23.8 Å². The highest BCUT2D eigenvalue weighted by Crippen LogP contribution is 2.65. The summed E-state index contributed by atoms with van der Waals surface area (Å²) in [5.41, 5.74) is 0.953. The van der Waals surface area contributed by atoms with Crippen LogP contribution in [0.5, 0.6) is 0 Å². The summed E-state index contributed by atoms with van der Waals surface area (Å²) in [6.45, 7) is 4.11. The fourth-order valence-electron chi connectivity index (χ4n) is 7.17. The van der Waals surface area contributed by atoms with Gasteiger partial charge in [0.15, 0.2) is 5.78 Å². The highest BCUT2D eigenvalue weighted by Gasteiger charge is 2.61. The lowest BCUT2D eigenvalue weighted by Crippen LogP contribution is -2.54. The number of ether oxygens (including phenoxy) is 3. The van der Waals surface area contributed by atoms with Gasteiger partial charge in [-0.15, -0.1) is 0 Å². The van der Waals surface area contributed by atoms with E-state index in [0.717, 1.165) is 44.9 Å². The fraction of sp³-hybridized carbons (Fsp3) is 0.783. The number of carbonyl (C=O) groups is 3. The van der Waals surface area contributed by atoms with Crippen LogP contribution in [0.3, 0.4) is 0 Å². The molecule has 0 aromatic heterocycles. The molecule has 4 rings (SSSR count). The summed E-state index contributed by atoms with van der Waals surface area (Å²) >= 11 is 0. The first-order valence-electron chi connectivity index (χ1n) is 10.9. The highest BCUT2D eigenvalue weighted by atomic mass is 16.7. The number of hydrogen-bond donors (Lipinski definition) is 0. The van der Waals surface area contributed by atoms with Gasteiger partial charge in [0, 0.05) is 24.2 Å². The van der Waals surface area contributed by atoms with Crippen LogP contribution >= 0.6 is 0 Å². The van der Waals surface area contributed by atoms with Crippen LogP contribution in [0.25, 0.3) is 0 Å². The van der Waals surface area contributed by atoms with Gasteiger partial charge in [-0.3, -0.25) is 9.59 Å². The smallest absolute Gasteiger partial charge is 0.465 e. The van der Waals surface area contributed by atoms with Gasteiger partial charge in [-0.25, -0.2) is 4.79 Å². The van der Waals surface area contributed by atoms with Crippen LogP contribution in [-0.4, -0.2) is 37.7 Å². The second-order valence-electron chi connectivity index (χ2n) is 9.67. The topological polar surface area (TPSA) is 78.9 Å². The molecule has 0 unspecified atom stereocenters. The molecule has 6 nitrogen and oxygen atoms in total. The normalized spacial score (nSPS) is 40.8. The van der Waals surface area contributed by atoms with Gasteiger partial charge in [0.2, 0.25) is 0 Å². The second kappa shape index (κ2) is 7.44. The summed E-state index contributed by atoms with van der Waals surface area (Å²) in [6, 6.07) is 0. The molecule has 0 radical (unpaired) electrons. The van der Waals surface area contributed by atoms with E-state index in [0.29, 0.717) is 30.8 Å². The highest BCUT2D eigenvalue weighted by molar-refractivity contribution is 5.91. The minimum atomic E-state index is -0.593. The Balaban J connectivity index is 1.62. The number of rotatable bonds is 3. The van der Waals surface area contributed by atoms with Crippen LogP contribution in [0.15, 0.2) is 11.6 Å². The number of ketones is 1. The molecule has 0 aromatic rings. The van der Waals surface area contributed by atoms with E-state index in [1.165, 1.54) is 19.6 Å². The Kier molecular flexibility index (Phi) is 5.24. The van der Waals surface area contributed by atoms with E-state index in [9.17, 15) is 14.4 Å². The van der Waals surface area contributed by atoms with E-state index < -0.39 is 6.16 Å². The molecule has 6 heteroatoms. The van der Waals surface area contributed by atoms with Gasteiger partial charge in [-0.05, 0) is 68.8 Å². The van der Waals surface area contributed by atoms with Gasteiger partial charge in [0.05, 0.1) is 7.11 Å². The van der Waals surface area contributed by atoms with Gasteiger partial charge >= 0.3 is 12.1 Å². The molecule has 0 aromatic carbocycles. The average molecular weight is 405 g/mol. The largest absolute Gasteiger partial charge is 0.508 e. The Morgan fingerprint density at radius 2 is 1.90 bits per heavy atom. The molecule has 29 heavy (non-hydrogen) atoms. The third-order valence-electron chi connectivity index (χ3n) is 8.54. The molecule has 0 heterocycles. The van der Waals surface area contributed by atoms with Crippen LogP contribution in [0.4, 0.5) is 4.79 Å². The van der Waals surface area contributed by atoms with Crippen molar-refractivity contribution in [3.63, 3.8) is 0 Å². The minimum absolute atomic E-state index is 0.0380. The third-order valence-corrected chi connectivity index (χ3v) is 8.54. The van der Waals surface area contributed by atoms with E-state index in [1.807, 2.05) is 6.08 Å². The van der Waals surface area contributed by atoms with E-state index in [2.05, 4.69) is 6.92 Å². The average Bonchev–Trinajstić information content (AvgIpc) is 3.02. The van der Waals surface area contributed by atoms with Gasteiger partial charge < -0.3 is 14.2 Å². The standard InChI is InChI=1S/C23H32O6/c1-14(24)28-13-23-11-8-16(25)12-15(23)4-5-17-18-6-7-20(29-21(26)27-3)22(18,2)10-9-19(17)23/h12,17-20H,4-11,13H2,1-3H3/t17-,18-,19-,20-,22-,23+/m0/s1. The molecule has 6 atom stereocenters. The summed E-state index contributed by atoms with van der Waals surface area (Å²) in [5.74, 6) is 1.32. The third kappa shape index (κ3) is 3.28. The predicted octanol–water partition coefficient (Wildman–Crippen LogP) is 4.21. The molecule has 0 spiro atoms. The van der Waals surface area contributed by atoms with Crippen LogP contribution in [0.2, 0.25) is 0 Å². The minimum Gasteiger partial charge on any atom is -0.465 e. The van der Waals surface area contributed by atoms with Crippen molar-refractivity contribution in [2.24, 2.45) is 28.6 Å². The zero-order chi connectivity index (χ0) is 20.8. The maximum absolute atomic E-state index is 12.1. The van der Waals surface area contributed by atoms with Crippen LogP contribution in [0, 0.1) is 28.6 Å². The van der Waals surface area contributed by atoms with Crippen LogP contribution < -0.4 is 0 Å². The van der Waals surface area contributed by atoms with Gasteiger partial charge in [0.25, 0.3) is 0 Å². The molecule has 0 aliphatic heterocycles. The Labute approximate surface area is 172 Å². The summed E-state index contributed by atoms with van der Waals surface area (Å²) < 4.78 is 16.0. The second-order valence-corrected chi connectivity index (χ2v) is 9.67. The van der Waals surface area contributed by atoms with E-state index in [1.54, 1.807) is 0 Å². The van der Waals surface area contributed by atoms with Crippen molar-refractivity contribution in [2.45, 2.75) is 71.3 Å². The number of hydrogen-bond acceptors (Lipinski definition) is 6. The molecular weight excluding hydrogens is 372 g/mol. The maximum atomic E-state index is 12.1. The first kappa shape index (κ1) is 20.4. The first-order valence-corrected chi connectivity index (χ1v) is 10.9. The first-order chi connectivity index (χ1) is 13.8. The van der Waals surface area contributed by atoms with E-state index in [-0.39, 0.29) is 28.7 Å². The van der Waals surface area contributed by atoms with Crippen molar-refractivity contribution in [2.75, 3.05) is 13.7 Å². The monoisotopic (exact) mass is 404 g/mol. The Morgan fingerprint density at radius 1 is 1.10 bits per heavy atom. The van der Waals surface area contributed by atoms with Gasteiger partial charge in [0.1, 0.15) is 12.7 Å². The molecule has 0 amide bonds. The fourth-order valence-corrected chi connectivity index (χ4v) is 7.17. The zero-order valence-electron chi connectivity index (χ0n) is 17.7. The summed E-state index contributed by atoms with van der Waals surface area (Å²) in [6.07, 6.45) is 8.30. The summed E-state index contributed by atoms with van der Waals surface area (Å²) in [4.78, 5) is 35.5. The van der Waals surface area contributed by atoms with Crippen molar-refractivity contribution in [1.29, 1.82) is 0 Å². The SMILES string of the molecule is COC(=O)O[C@H]1CC[C@H]2[C@@H]3CCC4=CC(=O)CC[C@]4(COC(C)=O)[C@H]3CC[C@]12C. The summed E-state index contributed by atoms with van der Waals surface area (Å²) in [5, 5.41) is 0. The number of methoxy groups -OCH3 is 1. The van der Waals surface area contributed by atoms with Crippen molar-refractivity contribution in [3.05, 3.63) is 11.6 Å². The Bertz CT molecular complexity index is 742. The molecule has 3 saturated carbocycles. The Hall–Kier alpha value is -1.85. The number of fused-ring (bicyclic) bond motifs is 5. The predicted molar refractivity (Wildman–Crippen MR) is 105 cm³/mol. The molecule has 0 bridgehead atoms. The molecule has 160 valence electrons. The quantitative estimate of drug-likeness (QED) is 0.656. The van der Waals surface area contributed by atoms with Crippen molar-refractivity contribution in [3.8, 4) is 0 Å². The van der Waals surface area contributed by atoms with E-state index in [4.69, 9.17) is 14.2 Å². The number of carbonyl (C=O) groups excluding carboxylic acids is 3. The Morgan fingerprint density at radius 3 is 2.62 bits per heavy atom. The lowest BCUT2D eigenvalue weighted by molar-refractivity contribution is -0.150. The molecule has 3 fully saturated rings. The summed E-state index contributed by atoms with van der Waals surface area (Å²) in [7, 11) is 1.35. The molecule has 0 saturated heterocycles. The van der Waals surface area contributed by atoms with Crippen molar-refractivity contribution >= 4 is 17.9 Å². The molecule has 4 aliphatic rings. The molecular formula is C23H32O6. The van der Waals surface area contributed by atoms with Crippen molar-refractivity contribution in [1.82, 2.24) is 0 Å². The van der Waals surface area contributed by atoms with Gasteiger partial charge in [-0.2, -0.15) is 0 Å². The lowest BCUT2D eigenvalue weighted by atomic mass is 9.47. The lowest BCUT2D eigenvalue weighted by Gasteiger charge is -2.58. The zero-order valence-corrected chi connectivity index (χ0v) is 17.7. The number of esters is 1. The van der Waals surface area contributed by atoms with Gasteiger partial charge in [-0.1, -0.05) is 12.5 Å². The molecule has 4 aliphatic carbocycles. The van der Waals surface area contributed by atoms with E-state index >= 15 is 0 Å². The van der Waals surface area contributed by atoms with Crippen molar-refractivity contribution < 1.29 is 28.6 Å². The molecule has 0 N–H and O–H groups in total. The maximum Gasteiger partial charge on any atom is 0.508 e.